The smallest absolute Gasteiger partial charge is 0.0766 e. The van der Waals surface area contributed by atoms with Gasteiger partial charge in [-0.25, -0.2) is 0 Å². The van der Waals surface area contributed by atoms with Crippen LogP contribution in [0.2, 0.25) is 0 Å². The van der Waals surface area contributed by atoms with Gasteiger partial charge in [0, 0.05) is 18.5 Å². The number of nitrogens with zero attached hydrogens (tertiary/aromatic N) is 2. The molecular weight excluding hydrogens is 314 g/mol. The zero-order valence-corrected chi connectivity index (χ0v) is 14.7. The monoisotopic (exact) mass is 341 g/mol. The van der Waals surface area contributed by atoms with Gasteiger partial charge >= 0.3 is 0 Å². The first-order valence-corrected chi connectivity index (χ1v) is 8.85. The number of hydrogen-bond donors (Lipinski definition) is 1. The fourth-order valence-corrected chi connectivity index (χ4v) is 4.06. The molecule has 2 rings (SSSR count). The second-order valence-corrected chi connectivity index (χ2v) is 7.06. The van der Waals surface area contributed by atoms with Crippen molar-refractivity contribution in [2.75, 3.05) is 0 Å². The minimum atomic E-state index is -0.0356. The van der Waals surface area contributed by atoms with E-state index in [1.54, 1.807) is 0 Å². The Morgan fingerprint density at radius 2 is 1.95 bits per heavy atom. The van der Waals surface area contributed by atoms with Crippen LogP contribution in [0.5, 0.6) is 0 Å². The predicted molar refractivity (Wildman–Crippen MR) is 87.9 cm³/mol. The third kappa shape index (κ3) is 3.28. The number of nitrogens with two attached hydrogens (primary N) is 1. The van der Waals surface area contributed by atoms with Gasteiger partial charge in [-0.15, -0.1) is 0 Å². The molecule has 0 atom stereocenters. The van der Waals surface area contributed by atoms with Crippen LogP contribution in [0.15, 0.2) is 4.47 Å². The van der Waals surface area contributed by atoms with E-state index >= 15 is 0 Å². The second-order valence-electron chi connectivity index (χ2n) is 6.27. The molecule has 4 heteroatoms. The van der Waals surface area contributed by atoms with Crippen LogP contribution in [0.1, 0.15) is 64.3 Å². The van der Waals surface area contributed by atoms with Crippen molar-refractivity contribution >= 4 is 15.9 Å². The van der Waals surface area contributed by atoms with Gasteiger partial charge in [-0.1, -0.05) is 20.3 Å². The van der Waals surface area contributed by atoms with Gasteiger partial charge < -0.3 is 5.73 Å². The highest BCUT2D eigenvalue weighted by Crippen LogP contribution is 2.36. The van der Waals surface area contributed by atoms with E-state index in [0.717, 1.165) is 43.8 Å². The minimum Gasteiger partial charge on any atom is -0.325 e. The number of halogens is 1. The molecule has 1 aromatic heterocycles. The lowest BCUT2D eigenvalue weighted by molar-refractivity contribution is 0.225. The summed E-state index contributed by atoms with van der Waals surface area (Å²) in [4.78, 5) is 0. The Hall–Kier alpha value is -0.350. The number of aromatic nitrogens is 2. The van der Waals surface area contributed by atoms with Crippen molar-refractivity contribution in [1.82, 2.24) is 9.78 Å². The summed E-state index contributed by atoms with van der Waals surface area (Å²) in [5.41, 5.74) is 9.11. The number of aryl methyl sites for hydroxylation is 2. The molecule has 0 unspecified atom stereocenters. The quantitative estimate of drug-likeness (QED) is 0.877. The summed E-state index contributed by atoms with van der Waals surface area (Å²) in [5, 5.41) is 4.69. The van der Waals surface area contributed by atoms with Gasteiger partial charge in [0.1, 0.15) is 0 Å². The van der Waals surface area contributed by atoms with Gasteiger partial charge in [0.25, 0.3) is 0 Å². The molecule has 1 aromatic rings. The summed E-state index contributed by atoms with van der Waals surface area (Å²) >= 11 is 3.74. The molecule has 0 spiro atoms. The summed E-state index contributed by atoms with van der Waals surface area (Å²) in [6, 6.07) is 0. The highest BCUT2D eigenvalue weighted by molar-refractivity contribution is 9.10. The van der Waals surface area contributed by atoms with Gasteiger partial charge in [-0.2, -0.15) is 5.10 Å². The molecule has 1 fully saturated rings. The number of hydrogen-bond acceptors (Lipinski definition) is 2. The van der Waals surface area contributed by atoms with E-state index < -0.39 is 0 Å². The van der Waals surface area contributed by atoms with Crippen molar-refractivity contribution in [3.8, 4) is 0 Å². The standard InChI is InChI=1S/C16H28BrN3/c1-4-12-7-9-16(18,10-8-12)11-14-15(17)13(5-2)19-20(14)6-3/h12H,4-11,18H2,1-3H3. The normalized spacial score (nSPS) is 26.9. The van der Waals surface area contributed by atoms with Crippen molar-refractivity contribution in [2.45, 2.75) is 77.8 Å². The third-order valence-electron chi connectivity index (χ3n) is 4.89. The van der Waals surface area contributed by atoms with E-state index in [1.807, 2.05) is 0 Å². The maximum absolute atomic E-state index is 6.69. The van der Waals surface area contributed by atoms with Crippen LogP contribution in [0, 0.1) is 5.92 Å². The Kier molecular flexibility index (Phi) is 5.30. The topological polar surface area (TPSA) is 43.8 Å². The average molecular weight is 342 g/mol. The Morgan fingerprint density at radius 1 is 1.30 bits per heavy atom. The van der Waals surface area contributed by atoms with E-state index in [9.17, 15) is 0 Å². The average Bonchev–Trinajstić information content (AvgIpc) is 2.76. The Balaban J connectivity index is 2.15. The maximum Gasteiger partial charge on any atom is 0.0766 e. The van der Waals surface area contributed by atoms with E-state index in [4.69, 9.17) is 5.73 Å². The third-order valence-corrected chi connectivity index (χ3v) is 5.81. The van der Waals surface area contributed by atoms with E-state index in [2.05, 4.69) is 46.5 Å². The van der Waals surface area contributed by atoms with Gasteiger partial charge in [0.15, 0.2) is 0 Å². The molecule has 0 radical (unpaired) electrons. The molecule has 0 saturated heterocycles. The first-order chi connectivity index (χ1) is 9.53. The summed E-state index contributed by atoms with van der Waals surface area (Å²) in [7, 11) is 0. The molecule has 0 bridgehead atoms. The van der Waals surface area contributed by atoms with Crippen LogP contribution in [-0.2, 0) is 19.4 Å². The van der Waals surface area contributed by atoms with E-state index in [-0.39, 0.29) is 5.54 Å². The van der Waals surface area contributed by atoms with Crippen LogP contribution < -0.4 is 5.73 Å². The maximum atomic E-state index is 6.69. The molecule has 3 nitrogen and oxygen atoms in total. The van der Waals surface area contributed by atoms with Gasteiger partial charge in [0.2, 0.25) is 0 Å². The molecular formula is C16H28BrN3. The predicted octanol–water partition coefficient (Wildman–Crippen LogP) is 4.07. The summed E-state index contributed by atoms with van der Waals surface area (Å²) in [6.07, 6.45) is 8.08. The highest BCUT2D eigenvalue weighted by Gasteiger charge is 2.33. The van der Waals surface area contributed by atoms with E-state index in [1.165, 1.54) is 29.4 Å². The molecule has 1 heterocycles. The molecule has 0 aliphatic heterocycles. The Morgan fingerprint density at radius 3 is 2.45 bits per heavy atom. The van der Waals surface area contributed by atoms with Crippen LogP contribution in [0.4, 0.5) is 0 Å². The van der Waals surface area contributed by atoms with Crippen molar-refractivity contribution in [2.24, 2.45) is 11.7 Å². The first-order valence-electron chi connectivity index (χ1n) is 8.05. The second kappa shape index (κ2) is 6.61. The fourth-order valence-electron chi connectivity index (χ4n) is 3.36. The van der Waals surface area contributed by atoms with Crippen molar-refractivity contribution in [3.05, 3.63) is 15.9 Å². The first kappa shape index (κ1) is 16.0. The molecule has 114 valence electrons. The molecule has 2 N–H and O–H groups in total. The summed E-state index contributed by atoms with van der Waals surface area (Å²) in [5.74, 6) is 0.886. The molecule has 0 aromatic carbocycles. The molecule has 1 aliphatic carbocycles. The Labute approximate surface area is 131 Å². The lowest BCUT2D eigenvalue weighted by atomic mass is 9.74. The van der Waals surface area contributed by atoms with Crippen LogP contribution in [0.3, 0.4) is 0 Å². The molecule has 1 aliphatic rings. The van der Waals surface area contributed by atoms with E-state index in [0.29, 0.717) is 0 Å². The van der Waals surface area contributed by atoms with Crippen molar-refractivity contribution < 1.29 is 0 Å². The molecule has 0 amide bonds. The van der Waals surface area contributed by atoms with Crippen LogP contribution >= 0.6 is 15.9 Å². The van der Waals surface area contributed by atoms with Gasteiger partial charge in [-0.05, 0) is 60.9 Å². The van der Waals surface area contributed by atoms with Crippen LogP contribution in [0.25, 0.3) is 0 Å². The lowest BCUT2D eigenvalue weighted by Gasteiger charge is -2.37. The van der Waals surface area contributed by atoms with Gasteiger partial charge in [0.05, 0.1) is 15.9 Å². The molecule has 1 saturated carbocycles. The zero-order chi connectivity index (χ0) is 14.8. The minimum absolute atomic E-state index is 0.0356. The van der Waals surface area contributed by atoms with Crippen molar-refractivity contribution in [3.63, 3.8) is 0 Å². The summed E-state index contributed by atoms with van der Waals surface area (Å²) < 4.78 is 3.31. The van der Waals surface area contributed by atoms with Gasteiger partial charge in [-0.3, -0.25) is 4.68 Å². The Bertz CT molecular complexity index is 445. The largest absolute Gasteiger partial charge is 0.325 e. The molecule has 20 heavy (non-hydrogen) atoms. The zero-order valence-electron chi connectivity index (χ0n) is 13.1. The lowest BCUT2D eigenvalue weighted by Crippen LogP contribution is -2.45. The van der Waals surface area contributed by atoms with Crippen LogP contribution in [-0.4, -0.2) is 15.3 Å². The highest BCUT2D eigenvalue weighted by atomic mass is 79.9. The summed E-state index contributed by atoms with van der Waals surface area (Å²) in [6.45, 7) is 7.52. The van der Waals surface area contributed by atoms with Crippen molar-refractivity contribution in [1.29, 1.82) is 0 Å². The fraction of sp³-hybridized carbons (Fsp3) is 0.812. The SMILES string of the molecule is CCc1nn(CC)c(CC2(N)CCC(CC)CC2)c1Br. The number of rotatable bonds is 5.